The van der Waals surface area contributed by atoms with Gasteiger partial charge in [-0.05, 0) is 48.5 Å². The topological polar surface area (TPSA) is 120 Å². The number of para-hydroxylation sites is 2. The van der Waals surface area contributed by atoms with E-state index in [9.17, 15) is 16.8 Å². The largest absolute Gasteiger partial charge is 0.398 e. The van der Waals surface area contributed by atoms with Crippen molar-refractivity contribution in [3.05, 3.63) is 72.8 Å². The van der Waals surface area contributed by atoms with Crippen LogP contribution in [0.4, 0.5) is 11.4 Å². The van der Waals surface area contributed by atoms with Gasteiger partial charge in [0.05, 0.1) is 31.0 Å². The van der Waals surface area contributed by atoms with Crippen LogP contribution in [0.3, 0.4) is 0 Å². The molecule has 3 aromatic rings. The van der Waals surface area contributed by atoms with Crippen molar-refractivity contribution >= 4 is 31.0 Å². The van der Waals surface area contributed by atoms with Gasteiger partial charge in [-0.3, -0.25) is 0 Å². The lowest BCUT2D eigenvalue weighted by Crippen LogP contribution is -2.08. The maximum atomic E-state index is 12.7. The van der Waals surface area contributed by atoms with E-state index in [0.717, 1.165) is 0 Å². The summed E-state index contributed by atoms with van der Waals surface area (Å²) in [6.45, 7) is 0. The lowest BCUT2D eigenvalue weighted by molar-refractivity contribution is 0.592. The van der Waals surface area contributed by atoms with E-state index in [-0.39, 0.29) is 31.0 Å². The van der Waals surface area contributed by atoms with Crippen LogP contribution in [0.2, 0.25) is 0 Å². The lowest BCUT2D eigenvalue weighted by atomic mass is 10.3. The summed E-state index contributed by atoms with van der Waals surface area (Å²) in [5.74, 6) is 0. The number of anilines is 2. The summed E-state index contributed by atoms with van der Waals surface area (Å²) < 4.78 is 50.8. The second-order valence-corrected chi connectivity index (χ2v) is 9.39. The van der Waals surface area contributed by atoms with Gasteiger partial charge in [0, 0.05) is 0 Å². The van der Waals surface area contributed by atoms with Crippen LogP contribution in [0.15, 0.2) is 92.4 Å². The number of hydrogen-bond donors (Lipinski definition) is 2. The fraction of sp³-hybridized carbons (Fsp3) is 0. The maximum absolute atomic E-state index is 12.7. The zero-order chi connectivity index (χ0) is 18.9. The Hall–Kier alpha value is -2.84. The van der Waals surface area contributed by atoms with E-state index in [0.29, 0.717) is 0 Å². The summed E-state index contributed by atoms with van der Waals surface area (Å²) in [6.07, 6.45) is 0. The molecule has 0 atom stereocenters. The van der Waals surface area contributed by atoms with Crippen LogP contribution in [-0.4, -0.2) is 16.8 Å². The monoisotopic (exact) mass is 388 g/mol. The second kappa shape index (κ2) is 6.47. The highest BCUT2D eigenvalue weighted by atomic mass is 32.2. The molecule has 134 valence electrons. The first-order chi connectivity index (χ1) is 12.2. The van der Waals surface area contributed by atoms with E-state index >= 15 is 0 Å². The zero-order valence-electron chi connectivity index (χ0n) is 13.5. The van der Waals surface area contributed by atoms with Crippen LogP contribution in [-0.2, 0) is 19.7 Å². The van der Waals surface area contributed by atoms with Gasteiger partial charge in [-0.25, -0.2) is 16.8 Å². The van der Waals surface area contributed by atoms with Crippen molar-refractivity contribution in [1.82, 2.24) is 0 Å². The highest BCUT2D eigenvalue weighted by Crippen LogP contribution is 2.29. The van der Waals surface area contributed by atoms with Crippen molar-refractivity contribution in [1.29, 1.82) is 0 Å². The molecule has 0 unspecified atom stereocenters. The summed E-state index contributed by atoms with van der Waals surface area (Å²) in [4.78, 5) is -0.142. The van der Waals surface area contributed by atoms with Gasteiger partial charge in [-0.15, -0.1) is 0 Å². The Morgan fingerprint density at radius 1 is 0.500 bits per heavy atom. The molecule has 0 bridgehead atoms. The maximum Gasteiger partial charge on any atom is 0.208 e. The highest BCUT2D eigenvalue weighted by molar-refractivity contribution is 7.92. The molecule has 3 rings (SSSR count). The Kier molecular flexibility index (Phi) is 4.47. The van der Waals surface area contributed by atoms with Gasteiger partial charge in [0.1, 0.15) is 0 Å². The molecular formula is C18H16N2O4S2. The fourth-order valence-corrected chi connectivity index (χ4v) is 5.27. The molecule has 26 heavy (non-hydrogen) atoms. The van der Waals surface area contributed by atoms with Crippen LogP contribution in [0.1, 0.15) is 0 Å². The minimum atomic E-state index is -3.85. The van der Waals surface area contributed by atoms with Crippen LogP contribution >= 0.6 is 0 Å². The molecular weight excluding hydrogens is 372 g/mol. The second-order valence-electron chi connectivity index (χ2n) is 5.55. The third-order valence-corrected chi connectivity index (χ3v) is 7.55. The van der Waals surface area contributed by atoms with Crippen molar-refractivity contribution in [3.63, 3.8) is 0 Å². The van der Waals surface area contributed by atoms with Gasteiger partial charge in [-0.1, -0.05) is 24.3 Å². The summed E-state index contributed by atoms with van der Waals surface area (Å²) in [6, 6.07) is 17.2. The van der Waals surface area contributed by atoms with Crippen molar-refractivity contribution in [2.24, 2.45) is 0 Å². The van der Waals surface area contributed by atoms with Crippen molar-refractivity contribution in [2.75, 3.05) is 11.5 Å². The molecule has 0 amide bonds. The van der Waals surface area contributed by atoms with Crippen LogP contribution in [0.5, 0.6) is 0 Å². The molecule has 4 N–H and O–H groups in total. The Morgan fingerprint density at radius 3 is 1.12 bits per heavy atom. The summed E-state index contributed by atoms with van der Waals surface area (Å²) >= 11 is 0. The predicted octanol–water partition coefficient (Wildman–Crippen LogP) is 2.52. The Bertz CT molecular complexity index is 1080. The Labute approximate surface area is 151 Å². The van der Waals surface area contributed by atoms with E-state index in [1.54, 1.807) is 24.3 Å². The summed E-state index contributed by atoms with van der Waals surface area (Å²) in [5.41, 5.74) is 11.7. The van der Waals surface area contributed by atoms with Gasteiger partial charge in [0.2, 0.25) is 19.7 Å². The lowest BCUT2D eigenvalue weighted by Gasteiger charge is -2.10. The Morgan fingerprint density at radius 2 is 0.808 bits per heavy atom. The number of rotatable bonds is 4. The molecule has 3 aromatic carbocycles. The minimum absolute atomic E-state index is 0.0251. The van der Waals surface area contributed by atoms with E-state index < -0.39 is 19.7 Å². The molecule has 0 aliphatic rings. The first-order valence-electron chi connectivity index (χ1n) is 7.54. The van der Waals surface area contributed by atoms with Crippen LogP contribution in [0.25, 0.3) is 0 Å². The van der Waals surface area contributed by atoms with Gasteiger partial charge in [0.15, 0.2) is 0 Å². The van der Waals surface area contributed by atoms with Gasteiger partial charge in [-0.2, -0.15) is 0 Å². The zero-order valence-corrected chi connectivity index (χ0v) is 15.2. The third kappa shape index (κ3) is 3.04. The molecule has 0 heterocycles. The molecule has 0 aromatic heterocycles. The predicted molar refractivity (Wildman–Crippen MR) is 99.1 cm³/mol. The summed E-state index contributed by atoms with van der Waals surface area (Å²) in [7, 11) is -7.70. The minimum Gasteiger partial charge on any atom is -0.398 e. The van der Waals surface area contributed by atoms with E-state index in [4.69, 9.17) is 11.5 Å². The smallest absolute Gasteiger partial charge is 0.208 e. The Balaban J connectivity index is 2.05. The molecule has 0 saturated carbocycles. The molecule has 6 nitrogen and oxygen atoms in total. The number of nitrogen functional groups attached to an aromatic ring is 2. The number of sulfone groups is 2. The number of nitrogens with two attached hydrogens (primary N) is 2. The molecule has 8 heteroatoms. The molecule has 0 aliphatic carbocycles. The standard InChI is InChI=1S/C18H16N2O4S2/c19-15-5-1-3-7-17(15)25(21,22)13-9-11-14(12-10-13)26(23,24)18-8-4-2-6-16(18)20/h1-12H,19-20H2. The summed E-state index contributed by atoms with van der Waals surface area (Å²) in [5, 5.41) is 0. The highest BCUT2D eigenvalue weighted by Gasteiger charge is 2.23. The van der Waals surface area contributed by atoms with Crippen molar-refractivity contribution in [2.45, 2.75) is 19.6 Å². The van der Waals surface area contributed by atoms with E-state index in [1.807, 2.05) is 0 Å². The molecule has 0 aliphatic heterocycles. The molecule has 0 radical (unpaired) electrons. The first-order valence-corrected chi connectivity index (χ1v) is 10.5. The molecule has 0 spiro atoms. The van der Waals surface area contributed by atoms with Crippen molar-refractivity contribution < 1.29 is 16.8 Å². The normalized spacial score (nSPS) is 12.0. The average molecular weight is 388 g/mol. The fourth-order valence-electron chi connectivity index (χ4n) is 2.50. The SMILES string of the molecule is Nc1ccccc1S(=O)(=O)c1ccc(S(=O)(=O)c2ccccc2N)cc1. The van der Waals surface area contributed by atoms with Crippen LogP contribution in [0, 0.1) is 0 Å². The quantitative estimate of drug-likeness (QED) is 0.663. The van der Waals surface area contributed by atoms with Gasteiger partial charge < -0.3 is 11.5 Å². The third-order valence-electron chi connectivity index (χ3n) is 3.86. The number of benzene rings is 3. The first kappa shape index (κ1) is 18.0. The van der Waals surface area contributed by atoms with Crippen LogP contribution < -0.4 is 11.5 Å². The molecule has 0 fully saturated rings. The number of hydrogen-bond acceptors (Lipinski definition) is 6. The van der Waals surface area contributed by atoms with Gasteiger partial charge in [0.25, 0.3) is 0 Å². The van der Waals surface area contributed by atoms with Gasteiger partial charge >= 0.3 is 0 Å². The molecule has 0 saturated heterocycles. The van der Waals surface area contributed by atoms with E-state index in [1.165, 1.54) is 48.5 Å². The van der Waals surface area contributed by atoms with Crippen molar-refractivity contribution in [3.8, 4) is 0 Å². The van der Waals surface area contributed by atoms with E-state index in [2.05, 4.69) is 0 Å². The average Bonchev–Trinajstić information content (AvgIpc) is 2.62.